The molecule has 218 valence electrons. The summed E-state index contributed by atoms with van der Waals surface area (Å²) >= 11 is 0. The van der Waals surface area contributed by atoms with Gasteiger partial charge in [-0.1, -0.05) is 43.7 Å². The second kappa shape index (κ2) is 13.4. The van der Waals surface area contributed by atoms with E-state index < -0.39 is 17.7 Å². The first-order valence-electron chi connectivity index (χ1n) is 13.8. The number of benzene rings is 2. The maximum Gasteiger partial charge on any atom is 0.407 e. The van der Waals surface area contributed by atoms with Gasteiger partial charge in [0, 0.05) is 29.2 Å². The molecule has 3 rings (SSSR count). The zero-order valence-corrected chi connectivity index (χ0v) is 25.3. The van der Waals surface area contributed by atoms with Crippen LogP contribution in [0.25, 0.3) is 11.1 Å². The molecule has 0 unspecified atom stereocenters. The van der Waals surface area contributed by atoms with E-state index in [0.717, 1.165) is 39.2 Å². The number of aromatic nitrogens is 1. The highest BCUT2D eigenvalue weighted by atomic mass is 16.6. The van der Waals surface area contributed by atoms with Crippen molar-refractivity contribution in [3.8, 4) is 11.1 Å². The Labute approximate surface area is 242 Å². The molecule has 0 atom stereocenters. The van der Waals surface area contributed by atoms with Gasteiger partial charge in [0.15, 0.2) is 0 Å². The van der Waals surface area contributed by atoms with Crippen molar-refractivity contribution >= 4 is 23.7 Å². The summed E-state index contributed by atoms with van der Waals surface area (Å²) in [5.41, 5.74) is 6.57. The van der Waals surface area contributed by atoms with Gasteiger partial charge in [0.2, 0.25) is 5.91 Å². The number of alkyl carbamates (subject to hydrolysis) is 1. The molecule has 41 heavy (non-hydrogen) atoms. The molecular formula is C33H41N3O5. The number of methoxy groups -OCH3 is 1. The number of aryl methyl sites for hydroxylation is 2. The van der Waals surface area contributed by atoms with Crippen LogP contribution in [0.3, 0.4) is 0 Å². The number of pyridine rings is 1. The van der Waals surface area contributed by atoms with Gasteiger partial charge in [-0.25, -0.2) is 9.59 Å². The third-order valence-electron chi connectivity index (χ3n) is 6.37. The van der Waals surface area contributed by atoms with Crippen molar-refractivity contribution in [1.82, 2.24) is 10.3 Å². The third kappa shape index (κ3) is 8.90. The second-order valence-electron chi connectivity index (χ2n) is 11.6. The lowest BCUT2D eigenvalue weighted by atomic mass is 9.88. The summed E-state index contributed by atoms with van der Waals surface area (Å²) in [7, 11) is 1.32. The first-order valence-corrected chi connectivity index (χ1v) is 13.8. The molecule has 0 radical (unpaired) electrons. The number of carbonyl (C=O) groups excluding carboxylic acids is 3. The topological polar surface area (TPSA) is 107 Å². The minimum atomic E-state index is -0.630. The Kier molecular flexibility index (Phi) is 10.3. The Balaban J connectivity index is 2.04. The van der Waals surface area contributed by atoms with Crippen LogP contribution in [0.15, 0.2) is 48.5 Å². The normalized spacial score (nSPS) is 11.2. The molecule has 1 aromatic heterocycles. The summed E-state index contributed by atoms with van der Waals surface area (Å²) in [4.78, 5) is 42.7. The first kappa shape index (κ1) is 31.3. The molecule has 2 amide bonds. The van der Waals surface area contributed by atoms with Crippen molar-refractivity contribution in [3.05, 3.63) is 82.2 Å². The van der Waals surface area contributed by atoms with Crippen molar-refractivity contribution in [1.29, 1.82) is 0 Å². The van der Waals surface area contributed by atoms with Gasteiger partial charge in [0.1, 0.15) is 5.60 Å². The van der Waals surface area contributed by atoms with Crippen molar-refractivity contribution in [2.24, 2.45) is 5.92 Å². The molecule has 0 fully saturated rings. The van der Waals surface area contributed by atoms with Crippen LogP contribution >= 0.6 is 0 Å². The Hall–Kier alpha value is -4.20. The molecule has 0 saturated carbocycles. The van der Waals surface area contributed by atoms with Crippen LogP contribution in [0.2, 0.25) is 0 Å². The zero-order valence-electron chi connectivity index (χ0n) is 25.3. The van der Waals surface area contributed by atoms with E-state index >= 15 is 0 Å². The summed E-state index contributed by atoms with van der Waals surface area (Å²) in [5, 5.41) is 5.83. The van der Waals surface area contributed by atoms with Crippen molar-refractivity contribution in [2.75, 3.05) is 12.4 Å². The molecule has 2 N–H and O–H groups in total. The van der Waals surface area contributed by atoms with Crippen molar-refractivity contribution < 1.29 is 23.9 Å². The van der Waals surface area contributed by atoms with Gasteiger partial charge in [-0.2, -0.15) is 0 Å². The predicted octanol–water partition coefficient (Wildman–Crippen LogP) is 6.56. The zero-order chi connectivity index (χ0) is 30.3. The van der Waals surface area contributed by atoms with Crippen LogP contribution in [0.4, 0.5) is 10.5 Å². The lowest BCUT2D eigenvalue weighted by Gasteiger charge is -2.23. The number of nitrogens with one attached hydrogen (secondary N) is 2. The third-order valence-corrected chi connectivity index (χ3v) is 6.37. The van der Waals surface area contributed by atoms with E-state index in [-0.39, 0.29) is 18.9 Å². The number of amides is 2. The molecule has 0 spiro atoms. The number of rotatable bonds is 9. The van der Waals surface area contributed by atoms with E-state index in [1.807, 2.05) is 58.9 Å². The number of ether oxygens (including phenoxy) is 2. The Bertz CT molecular complexity index is 1390. The SMILES string of the molecule is COC(=O)c1ccc(NC(=O)Cc2c(C)nc(CC(C)C)c(CNC(=O)OC(C)(C)C)c2-c2ccc(C)cc2)cc1. The molecule has 8 heteroatoms. The predicted molar refractivity (Wildman–Crippen MR) is 161 cm³/mol. The van der Waals surface area contributed by atoms with E-state index in [4.69, 9.17) is 14.5 Å². The van der Waals surface area contributed by atoms with Crippen LogP contribution in [-0.2, 0) is 33.7 Å². The molecule has 2 aromatic carbocycles. The fourth-order valence-electron chi connectivity index (χ4n) is 4.52. The lowest BCUT2D eigenvalue weighted by molar-refractivity contribution is -0.115. The number of hydrogen-bond donors (Lipinski definition) is 2. The fraction of sp³-hybridized carbons (Fsp3) is 0.394. The molecule has 0 saturated heterocycles. The Morgan fingerprint density at radius 1 is 0.927 bits per heavy atom. The number of nitrogens with zero attached hydrogens (tertiary/aromatic N) is 1. The summed E-state index contributed by atoms with van der Waals surface area (Å²) in [5.74, 6) is -0.340. The van der Waals surface area contributed by atoms with Gasteiger partial charge < -0.3 is 20.1 Å². The largest absolute Gasteiger partial charge is 0.465 e. The molecule has 0 aliphatic rings. The van der Waals surface area contributed by atoms with E-state index in [2.05, 4.69) is 24.5 Å². The first-order chi connectivity index (χ1) is 19.3. The molecule has 0 aliphatic heterocycles. The standard InChI is InChI=1S/C33H41N3O5/c1-20(2)17-28-27(19-34-32(39)41-33(5,6)7)30(23-11-9-21(3)10-12-23)26(22(4)35-28)18-29(37)36-25-15-13-24(14-16-25)31(38)40-8/h9-16,20H,17-19H2,1-8H3,(H,34,39)(H,36,37). The Morgan fingerprint density at radius 3 is 2.12 bits per heavy atom. The van der Waals surface area contributed by atoms with Crippen LogP contribution in [-0.4, -0.2) is 35.7 Å². The van der Waals surface area contributed by atoms with E-state index in [1.54, 1.807) is 24.3 Å². The summed E-state index contributed by atoms with van der Waals surface area (Å²) < 4.78 is 10.2. The number of anilines is 1. The fourth-order valence-corrected chi connectivity index (χ4v) is 4.52. The van der Waals surface area contributed by atoms with Gasteiger partial charge in [-0.3, -0.25) is 9.78 Å². The van der Waals surface area contributed by atoms with E-state index in [1.165, 1.54) is 7.11 Å². The number of esters is 1. The quantitative estimate of drug-likeness (QED) is 0.288. The monoisotopic (exact) mass is 559 g/mol. The summed E-state index contributed by atoms with van der Waals surface area (Å²) in [6.45, 7) is 13.9. The Morgan fingerprint density at radius 2 is 1.56 bits per heavy atom. The van der Waals surface area contributed by atoms with Crippen molar-refractivity contribution in [2.45, 2.75) is 73.5 Å². The highest BCUT2D eigenvalue weighted by Crippen LogP contribution is 2.33. The van der Waals surface area contributed by atoms with Crippen LogP contribution in [0.5, 0.6) is 0 Å². The maximum absolute atomic E-state index is 13.3. The highest BCUT2D eigenvalue weighted by Gasteiger charge is 2.23. The lowest BCUT2D eigenvalue weighted by Crippen LogP contribution is -2.32. The molecule has 0 aliphatic carbocycles. The van der Waals surface area contributed by atoms with Crippen LogP contribution in [0, 0.1) is 19.8 Å². The van der Waals surface area contributed by atoms with Crippen molar-refractivity contribution in [3.63, 3.8) is 0 Å². The molecule has 8 nitrogen and oxygen atoms in total. The van der Waals surface area contributed by atoms with Gasteiger partial charge in [0.05, 0.1) is 19.1 Å². The average Bonchev–Trinajstić information content (AvgIpc) is 2.88. The average molecular weight is 560 g/mol. The van der Waals surface area contributed by atoms with Crippen LogP contribution in [0.1, 0.15) is 73.1 Å². The maximum atomic E-state index is 13.3. The minimum absolute atomic E-state index is 0.0716. The second-order valence-corrected chi connectivity index (χ2v) is 11.6. The summed E-state index contributed by atoms with van der Waals surface area (Å²) in [6.07, 6.45) is 0.268. The van der Waals surface area contributed by atoms with Gasteiger partial charge in [-0.05, 0) is 87.9 Å². The van der Waals surface area contributed by atoms with Gasteiger partial charge >= 0.3 is 12.1 Å². The number of hydrogen-bond acceptors (Lipinski definition) is 6. The summed E-state index contributed by atoms with van der Waals surface area (Å²) in [6, 6.07) is 14.7. The minimum Gasteiger partial charge on any atom is -0.465 e. The van der Waals surface area contributed by atoms with Gasteiger partial charge in [0.25, 0.3) is 0 Å². The number of carbonyl (C=O) groups is 3. The molecule has 1 heterocycles. The molecular weight excluding hydrogens is 518 g/mol. The highest BCUT2D eigenvalue weighted by molar-refractivity contribution is 5.95. The molecule has 3 aromatic rings. The smallest absolute Gasteiger partial charge is 0.407 e. The van der Waals surface area contributed by atoms with E-state index in [0.29, 0.717) is 23.6 Å². The van der Waals surface area contributed by atoms with Gasteiger partial charge in [-0.15, -0.1) is 0 Å². The van der Waals surface area contributed by atoms with E-state index in [9.17, 15) is 14.4 Å². The molecule has 0 bridgehead atoms. The van der Waals surface area contributed by atoms with Crippen LogP contribution < -0.4 is 10.6 Å².